The number of aromatic amines is 1. The van der Waals surface area contributed by atoms with Gasteiger partial charge in [-0.25, -0.2) is 14.6 Å². The zero-order valence-electron chi connectivity index (χ0n) is 15.7. The van der Waals surface area contributed by atoms with E-state index in [4.69, 9.17) is 14.6 Å². The van der Waals surface area contributed by atoms with E-state index in [0.29, 0.717) is 30.4 Å². The number of rotatable bonds is 6. The van der Waals surface area contributed by atoms with Gasteiger partial charge in [-0.15, -0.1) is 0 Å². The highest BCUT2D eigenvalue weighted by molar-refractivity contribution is 5.92. The summed E-state index contributed by atoms with van der Waals surface area (Å²) in [4.78, 5) is 9.02. The lowest BCUT2D eigenvalue weighted by Gasteiger charge is -2.11. The summed E-state index contributed by atoms with van der Waals surface area (Å²) in [6.45, 7) is 1.43. The molecule has 1 saturated heterocycles. The van der Waals surface area contributed by atoms with Crippen LogP contribution in [0.25, 0.3) is 28.2 Å². The van der Waals surface area contributed by atoms with Crippen LogP contribution in [0.3, 0.4) is 0 Å². The molecule has 3 aromatic heterocycles. The molecule has 0 saturated carbocycles. The molecule has 0 radical (unpaired) electrons. The topological polar surface area (TPSA) is 111 Å². The molecule has 9 heteroatoms. The second-order valence-corrected chi connectivity index (χ2v) is 6.89. The lowest BCUT2D eigenvalue weighted by Crippen LogP contribution is -2.15. The van der Waals surface area contributed by atoms with Gasteiger partial charge in [0, 0.05) is 36.9 Å². The van der Waals surface area contributed by atoms with Crippen molar-refractivity contribution in [1.82, 2.24) is 29.9 Å². The number of ether oxygens (including phenoxy) is 2. The van der Waals surface area contributed by atoms with Gasteiger partial charge < -0.3 is 14.6 Å². The molecule has 0 spiro atoms. The molecule has 5 rings (SSSR count). The lowest BCUT2D eigenvalue weighted by atomic mass is 10.2. The summed E-state index contributed by atoms with van der Waals surface area (Å²) in [7, 11) is 0. The molecule has 4 aromatic rings. The van der Waals surface area contributed by atoms with Crippen molar-refractivity contribution in [2.24, 2.45) is 0 Å². The maximum atomic E-state index is 9.09. The Balaban J connectivity index is 1.48. The first-order chi connectivity index (χ1) is 14.3. The molecular formula is C20H20N6O3. The number of nitrogens with zero attached hydrogens (tertiary/aromatic N) is 5. The quantitative estimate of drug-likeness (QED) is 0.516. The van der Waals surface area contributed by atoms with Gasteiger partial charge in [0.05, 0.1) is 24.9 Å². The van der Waals surface area contributed by atoms with Gasteiger partial charge in [0.2, 0.25) is 0 Å². The predicted molar refractivity (Wildman–Crippen MR) is 105 cm³/mol. The summed E-state index contributed by atoms with van der Waals surface area (Å²) in [6.07, 6.45) is 6.77. The Bertz CT molecular complexity index is 1130. The molecule has 1 aromatic carbocycles. The van der Waals surface area contributed by atoms with Gasteiger partial charge in [-0.3, -0.25) is 5.10 Å². The Kier molecular flexibility index (Phi) is 4.66. The first-order valence-corrected chi connectivity index (χ1v) is 9.51. The molecule has 148 valence electrons. The summed E-state index contributed by atoms with van der Waals surface area (Å²) < 4.78 is 13.1. The monoisotopic (exact) mass is 392 g/mol. The van der Waals surface area contributed by atoms with Crippen LogP contribution in [0.2, 0.25) is 0 Å². The molecule has 4 heterocycles. The summed E-state index contributed by atoms with van der Waals surface area (Å²) >= 11 is 0. The van der Waals surface area contributed by atoms with Crippen molar-refractivity contribution in [3.8, 4) is 23.1 Å². The van der Waals surface area contributed by atoms with Crippen LogP contribution in [0, 0.1) is 0 Å². The zero-order valence-corrected chi connectivity index (χ0v) is 15.7. The van der Waals surface area contributed by atoms with E-state index in [2.05, 4.69) is 25.3 Å². The Labute approximate surface area is 166 Å². The Morgan fingerprint density at radius 1 is 1.31 bits per heavy atom. The third-order valence-corrected chi connectivity index (χ3v) is 4.85. The molecule has 1 atom stereocenters. The van der Waals surface area contributed by atoms with Crippen molar-refractivity contribution in [2.75, 3.05) is 19.8 Å². The molecule has 29 heavy (non-hydrogen) atoms. The number of benzene rings is 1. The number of aromatic nitrogens is 6. The van der Waals surface area contributed by atoms with Gasteiger partial charge in [0.25, 0.3) is 0 Å². The number of aliphatic hydroxyl groups excluding tert-OH is 1. The molecule has 0 aliphatic carbocycles. The average molecular weight is 392 g/mol. The third-order valence-electron chi connectivity index (χ3n) is 4.85. The maximum absolute atomic E-state index is 9.09. The normalized spacial score (nSPS) is 16.5. The smallest absolute Gasteiger partial charge is 0.182 e. The Morgan fingerprint density at radius 2 is 2.28 bits per heavy atom. The largest absolute Gasteiger partial charge is 0.488 e. The summed E-state index contributed by atoms with van der Waals surface area (Å²) in [5.74, 6) is 1.90. The fourth-order valence-electron chi connectivity index (χ4n) is 3.37. The van der Waals surface area contributed by atoms with Crippen molar-refractivity contribution in [3.05, 3.63) is 48.4 Å². The Morgan fingerprint density at radius 3 is 3.14 bits per heavy atom. The van der Waals surface area contributed by atoms with E-state index in [9.17, 15) is 0 Å². The Hall–Kier alpha value is -3.30. The molecule has 1 aliphatic rings. The minimum Gasteiger partial charge on any atom is -0.488 e. The first kappa shape index (κ1) is 17.8. The van der Waals surface area contributed by atoms with Crippen LogP contribution < -0.4 is 4.74 Å². The van der Waals surface area contributed by atoms with E-state index in [1.807, 2.05) is 24.4 Å². The highest BCUT2D eigenvalue weighted by atomic mass is 16.5. The maximum Gasteiger partial charge on any atom is 0.182 e. The highest BCUT2D eigenvalue weighted by Crippen LogP contribution is 2.28. The number of nitrogens with one attached hydrogen (secondary N) is 1. The van der Waals surface area contributed by atoms with Crippen LogP contribution in [0.5, 0.6) is 5.75 Å². The molecule has 0 amide bonds. The van der Waals surface area contributed by atoms with Crippen LogP contribution in [-0.4, -0.2) is 61.0 Å². The van der Waals surface area contributed by atoms with Crippen LogP contribution in [0.15, 0.2) is 42.9 Å². The fraction of sp³-hybridized carbons (Fsp3) is 0.300. The molecular weight excluding hydrogens is 372 g/mol. The fourth-order valence-corrected chi connectivity index (χ4v) is 3.37. The number of hydrogen-bond acceptors (Lipinski definition) is 7. The number of H-pyrrole nitrogens is 1. The number of hydrogen-bond donors (Lipinski definition) is 2. The zero-order chi connectivity index (χ0) is 19.6. The van der Waals surface area contributed by atoms with Gasteiger partial charge in [-0.1, -0.05) is 0 Å². The van der Waals surface area contributed by atoms with Crippen LogP contribution in [-0.2, 0) is 11.2 Å². The molecule has 0 unspecified atom stereocenters. The molecule has 0 bridgehead atoms. The average Bonchev–Trinajstić information content (AvgIpc) is 3.49. The minimum absolute atomic E-state index is 0.0790. The summed E-state index contributed by atoms with van der Waals surface area (Å²) in [5.41, 5.74) is 2.47. The molecule has 2 N–H and O–H groups in total. The van der Waals surface area contributed by atoms with Crippen molar-refractivity contribution in [3.63, 3.8) is 0 Å². The third kappa shape index (κ3) is 3.57. The second kappa shape index (κ2) is 7.61. The van der Waals surface area contributed by atoms with Gasteiger partial charge in [0.15, 0.2) is 11.6 Å². The molecule has 1 aliphatic heterocycles. The number of fused-ring (bicyclic) bond motifs is 1. The minimum atomic E-state index is 0.0790. The van der Waals surface area contributed by atoms with E-state index < -0.39 is 0 Å². The van der Waals surface area contributed by atoms with Gasteiger partial charge in [-0.05, 0) is 30.2 Å². The van der Waals surface area contributed by atoms with Crippen molar-refractivity contribution < 1.29 is 14.6 Å². The van der Waals surface area contributed by atoms with Gasteiger partial charge in [0.1, 0.15) is 17.5 Å². The summed E-state index contributed by atoms with van der Waals surface area (Å²) in [5, 5.41) is 21.7. The van der Waals surface area contributed by atoms with Crippen LogP contribution in [0.4, 0.5) is 0 Å². The van der Waals surface area contributed by atoms with Gasteiger partial charge in [-0.2, -0.15) is 10.2 Å². The summed E-state index contributed by atoms with van der Waals surface area (Å²) in [6, 6.07) is 7.60. The van der Waals surface area contributed by atoms with Gasteiger partial charge >= 0.3 is 0 Å². The lowest BCUT2D eigenvalue weighted by molar-refractivity contribution is 0.141. The van der Waals surface area contributed by atoms with Crippen LogP contribution in [0.1, 0.15) is 12.0 Å². The molecule has 1 fully saturated rings. The van der Waals surface area contributed by atoms with Crippen molar-refractivity contribution in [2.45, 2.75) is 18.9 Å². The number of aliphatic hydroxyl groups is 1. The SMILES string of the molecule is OCCc1cnn(-c2ccnc(-c3n[nH]c4ccc(O[C@@H]5CCOC5)cc34)n2)c1. The van der Waals surface area contributed by atoms with E-state index in [-0.39, 0.29) is 12.7 Å². The van der Waals surface area contributed by atoms with E-state index >= 15 is 0 Å². The highest BCUT2D eigenvalue weighted by Gasteiger charge is 2.18. The first-order valence-electron chi connectivity index (χ1n) is 9.51. The predicted octanol–water partition coefficient (Wildman–Crippen LogP) is 1.91. The molecule has 9 nitrogen and oxygen atoms in total. The standard InChI is InChI=1S/C20H20N6O3/c27-7-4-13-10-22-26(11-13)18-3-6-21-20(23-18)19-16-9-14(1-2-17(16)24-25-19)29-15-5-8-28-12-15/h1-3,6,9-11,15,27H,4-5,7-8,12H2,(H,24,25)/t15-/m1/s1. The van der Waals surface area contributed by atoms with Crippen molar-refractivity contribution in [1.29, 1.82) is 0 Å². The van der Waals surface area contributed by atoms with E-state index in [1.165, 1.54) is 0 Å². The van der Waals surface area contributed by atoms with Crippen LogP contribution >= 0.6 is 0 Å². The van der Waals surface area contributed by atoms with E-state index in [0.717, 1.165) is 35.2 Å². The second-order valence-electron chi connectivity index (χ2n) is 6.89. The van der Waals surface area contributed by atoms with Crippen molar-refractivity contribution >= 4 is 10.9 Å². The van der Waals surface area contributed by atoms with E-state index in [1.54, 1.807) is 23.1 Å².